The molecule has 1 fully saturated rings. The fourth-order valence-electron chi connectivity index (χ4n) is 3.72. The Labute approximate surface area is 152 Å². The van der Waals surface area contributed by atoms with Crippen molar-refractivity contribution in [3.05, 3.63) is 71.2 Å². The molecule has 1 aliphatic rings. The Balaban J connectivity index is 1.65. The summed E-state index contributed by atoms with van der Waals surface area (Å²) in [5.41, 5.74) is 4.01. The molecule has 1 saturated heterocycles. The predicted octanol–water partition coefficient (Wildman–Crippen LogP) is 4.33. The summed E-state index contributed by atoms with van der Waals surface area (Å²) in [7, 11) is 0. The van der Waals surface area contributed by atoms with E-state index in [-0.39, 0.29) is 11.9 Å². The molecule has 0 spiro atoms. The van der Waals surface area contributed by atoms with E-state index < -0.39 is 0 Å². The van der Waals surface area contributed by atoms with E-state index in [0.29, 0.717) is 11.5 Å². The van der Waals surface area contributed by atoms with Gasteiger partial charge in [0.05, 0.1) is 23.0 Å². The van der Waals surface area contributed by atoms with Crippen molar-refractivity contribution in [1.29, 1.82) is 0 Å². The van der Waals surface area contributed by atoms with Gasteiger partial charge in [-0.3, -0.25) is 4.79 Å². The van der Waals surface area contributed by atoms with Gasteiger partial charge >= 0.3 is 0 Å². The summed E-state index contributed by atoms with van der Waals surface area (Å²) in [4.78, 5) is 19.7. The van der Waals surface area contributed by atoms with E-state index in [1.807, 2.05) is 49.1 Å². The van der Waals surface area contributed by atoms with Crippen molar-refractivity contribution in [2.45, 2.75) is 32.7 Å². The van der Waals surface area contributed by atoms with Gasteiger partial charge in [-0.05, 0) is 44.4 Å². The van der Waals surface area contributed by atoms with Gasteiger partial charge in [0, 0.05) is 6.54 Å². The number of carbonyl (C=O) groups excluding carboxylic acids is 1. The van der Waals surface area contributed by atoms with Crippen molar-refractivity contribution in [1.82, 2.24) is 15.0 Å². The summed E-state index contributed by atoms with van der Waals surface area (Å²) in [6.45, 7) is 4.50. The molecule has 0 bridgehead atoms. The fraction of sp³-hybridized carbons (Fsp3) is 0.286. The molecule has 1 aliphatic heterocycles. The smallest absolute Gasteiger partial charge is 0.272 e. The van der Waals surface area contributed by atoms with E-state index in [0.717, 1.165) is 36.3 Å². The quantitative estimate of drug-likeness (QED) is 0.707. The molecule has 4 rings (SSSR count). The first-order valence-electron chi connectivity index (χ1n) is 8.91. The second-order valence-electron chi connectivity index (χ2n) is 6.67. The van der Waals surface area contributed by atoms with Gasteiger partial charge in [-0.15, -0.1) is 0 Å². The lowest BCUT2D eigenvalue weighted by molar-refractivity contribution is 0.0730. The molecule has 0 saturated carbocycles. The first-order valence-corrected chi connectivity index (χ1v) is 8.91. The number of aryl methyl sites for hydroxylation is 2. The van der Waals surface area contributed by atoms with Gasteiger partial charge in [-0.2, -0.15) is 0 Å². The second-order valence-corrected chi connectivity index (χ2v) is 6.67. The van der Waals surface area contributed by atoms with E-state index in [1.165, 1.54) is 5.56 Å². The van der Waals surface area contributed by atoms with Gasteiger partial charge in [0.1, 0.15) is 11.5 Å². The van der Waals surface area contributed by atoms with Gasteiger partial charge in [-0.1, -0.05) is 41.6 Å². The average Bonchev–Trinajstić information content (AvgIpc) is 3.29. The fourth-order valence-corrected chi connectivity index (χ4v) is 3.72. The Morgan fingerprint density at radius 1 is 1.12 bits per heavy atom. The molecule has 1 amide bonds. The van der Waals surface area contributed by atoms with Crippen LogP contribution in [0.3, 0.4) is 0 Å². The lowest BCUT2D eigenvalue weighted by atomic mass is 10.0. The number of aromatic nitrogens is 2. The van der Waals surface area contributed by atoms with Crippen LogP contribution in [0.1, 0.15) is 46.4 Å². The molecule has 5 heteroatoms. The molecule has 26 heavy (non-hydrogen) atoms. The molecule has 0 radical (unpaired) electrons. The van der Waals surface area contributed by atoms with E-state index in [2.05, 4.69) is 22.3 Å². The standard InChI is InChI=1S/C21H21N3O2/c1-14-20(15(2)26-23-14)17-10-6-11-18(22-17)21(25)24-13-7-12-19(24)16-8-4-3-5-9-16/h3-6,8-11,19H,7,12-13H2,1-2H3/t19-/m0/s1. The highest BCUT2D eigenvalue weighted by Gasteiger charge is 2.31. The summed E-state index contributed by atoms with van der Waals surface area (Å²) in [6.07, 6.45) is 1.99. The zero-order valence-electron chi connectivity index (χ0n) is 15.0. The number of likely N-dealkylation sites (tertiary alicyclic amines) is 1. The minimum Gasteiger partial charge on any atom is -0.361 e. The molecule has 2 aromatic heterocycles. The van der Waals surface area contributed by atoms with Gasteiger partial charge in [0.2, 0.25) is 0 Å². The third-order valence-electron chi connectivity index (χ3n) is 4.96. The van der Waals surface area contributed by atoms with Crippen LogP contribution in [0.2, 0.25) is 0 Å². The maximum atomic E-state index is 13.1. The van der Waals surface area contributed by atoms with Crippen LogP contribution in [0.15, 0.2) is 53.1 Å². The number of hydrogen-bond donors (Lipinski definition) is 0. The number of benzene rings is 1. The molecule has 132 valence electrons. The first-order chi connectivity index (χ1) is 12.6. The highest BCUT2D eigenvalue weighted by Crippen LogP contribution is 2.33. The average molecular weight is 347 g/mol. The van der Waals surface area contributed by atoms with Crippen LogP contribution in [0.4, 0.5) is 0 Å². The third-order valence-corrected chi connectivity index (χ3v) is 4.96. The Bertz CT molecular complexity index is 914. The molecule has 0 unspecified atom stereocenters. The van der Waals surface area contributed by atoms with Crippen molar-refractivity contribution in [2.24, 2.45) is 0 Å². The Hall–Kier alpha value is -2.95. The van der Waals surface area contributed by atoms with Crippen LogP contribution in [-0.2, 0) is 0 Å². The summed E-state index contributed by atoms with van der Waals surface area (Å²) >= 11 is 0. The molecule has 3 aromatic rings. The topological polar surface area (TPSA) is 59.2 Å². The first kappa shape index (κ1) is 16.5. The van der Waals surface area contributed by atoms with E-state index >= 15 is 0 Å². The highest BCUT2D eigenvalue weighted by molar-refractivity contribution is 5.93. The molecular formula is C21H21N3O2. The summed E-state index contributed by atoms with van der Waals surface area (Å²) in [6, 6.07) is 15.9. The molecule has 0 aliphatic carbocycles. The van der Waals surface area contributed by atoms with Gasteiger partial charge < -0.3 is 9.42 Å². The van der Waals surface area contributed by atoms with E-state index in [4.69, 9.17) is 4.52 Å². The van der Waals surface area contributed by atoms with Gasteiger partial charge in [-0.25, -0.2) is 4.98 Å². The molecule has 3 heterocycles. The zero-order chi connectivity index (χ0) is 18.1. The Morgan fingerprint density at radius 2 is 1.92 bits per heavy atom. The lowest BCUT2D eigenvalue weighted by Crippen LogP contribution is -2.31. The number of hydrogen-bond acceptors (Lipinski definition) is 4. The summed E-state index contributed by atoms with van der Waals surface area (Å²) in [5.74, 6) is 0.688. The van der Waals surface area contributed by atoms with Crippen LogP contribution in [0.5, 0.6) is 0 Å². The molecular weight excluding hydrogens is 326 g/mol. The van der Waals surface area contributed by atoms with Crippen molar-refractivity contribution < 1.29 is 9.32 Å². The van der Waals surface area contributed by atoms with Gasteiger partial charge in [0.15, 0.2) is 0 Å². The monoisotopic (exact) mass is 347 g/mol. The van der Waals surface area contributed by atoms with Crippen LogP contribution in [0.25, 0.3) is 11.3 Å². The third kappa shape index (κ3) is 2.90. The second kappa shape index (κ2) is 6.75. The molecule has 5 nitrogen and oxygen atoms in total. The summed E-state index contributed by atoms with van der Waals surface area (Å²) in [5, 5.41) is 3.99. The van der Waals surface area contributed by atoms with Crippen LogP contribution < -0.4 is 0 Å². The molecule has 0 N–H and O–H groups in total. The van der Waals surface area contributed by atoms with E-state index in [9.17, 15) is 4.79 Å². The number of carbonyl (C=O) groups is 1. The minimum absolute atomic E-state index is 0.0232. The Kier molecular flexibility index (Phi) is 4.29. The predicted molar refractivity (Wildman–Crippen MR) is 98.7 cm³/mol. The highest BCUT2D eigenvalue weighted by atomic mass is 16.5. The van der Waals surface area contributed by atoms with Crippen LogP contribution in [-0.4, -0.2) is 27.5 Å². The van der Waals surface area contributed by atoms with Crippen LogP contribution in [0, 0.1) is 13.8 Å². The SMILES string of the molecule is Cc1noc(C)c1-c1cccc(C(=O)N2CCC[C@H]2c2ccccc2)n1. The van der Waals surface area contributed by atoms with Crippen molar-refractivity contribution in [3.63, 3.8) is 0 Å². The minimum atomic E-state index is -0.0232. The Morgan fingerprint density at radius 3 is 2.65 bits per heavy atom. The zero-order valence-corrected chi connectivity index (χ0v) is 15.0. The largest absolute Gasteiger partial charge is 0.361 e. The van der Waals surface area contributed by atoms with Crippen molar-refractivity contribution >= 4 is 5.91 Å². The van der Waals surface area contributed by atoms with Crippen molar-refractivity contribution in [2.75, 3.05) is 6.54 Å². The number of nitrogens with zero attached hydrogens (tertiary/aromatic N) is 3. The van der Waals surface area contributed by atoms with Crippen molar-refractivity contribution in [3.8, 4) is 11.3 Å². The maximum Gasteiger partial charge on any atom is 0.272 e. The van der Waals surface area contributed by atoms with E-state index in [1.54, 1.807) is 6.07 Å². The normalized spacial score (nSPS) is 16.8. The lowest BCUT2D eigenvalue weighted by Gasteiger charge is -2.25. The summed E-state index contributed by atoms with van der Waals surface area (Å²) < 4.78 is 5.24. The number of amides is 1. The number of pyridine rings is 1. The molecule has 1 atom stereocenters. The van der Waals surface area contributed by atoms with Gasteiger partial charge in [0.25, 0.3) is 5.91 Å². The number of rotatable bonds is 3. The maximum absolute atomic E-state index is 13.1. The molecule has 1 aromatic carbocycles. The van der Waals surface area contributed by atoms with Crippen LogP contribution >= 0.6 is 0 Å².